The number of esters is 2. The van der Waals surface area contributed by atoms with Crippen LogP contribution >= 0.6 is 33.9 Å². The summed E-state index contributed by atoms with van der Waals surface area (Å²) in [6.45, 7) is 5.47. The number of allylic oxidation sites excluding steroid dienone is 1. The van der Waals surface area contributed by atoms with E-state index < -0.39 is 18.0 Å². The van der Waals surface area contributed by atoms with Crippen molar-refractivity contribution in [3.05, 3.63) is 111 Å². The first-order valence-corrected chi connectivity index (χ1v) is 17.7. The minimum absolute atomic E-state index is 0.127. The highest BCUT2D eigenvalue weighted by Crippen LogP contribution is 2.37. The normalized spacial score (nSPS) is 13.8. The van der Waals surface area contributed by atoms with Crippen molar-refractivity contribution < 1.29 is 38.0 Å². The summed E-state index contributed by atoms with van der Waals surface area (Å²) in [6.07, 6.45) is 1.74. The van der Waals surface area contributed by atoms with Crippen LogP contribution in [0.3, 0.4) is 0 Å². The summed E-state index contributed by atoms with van der Waals surface area (Å²) < 4.78 is 36.0. The van der Waals surface area contributed by atoms with Crippen molar-refractivity contribution in [2.24, 2.45) is 4.99 Å². The van der Waals surface area contributed by atoms with E-state index in [1.807, 2.05) is 18.2 Å². The van der Waals surface area contributed by atoms with E-state index in [1.54, 1.807) is 63.2 Å². The quantitative estimate of drug-likeness (QED) is 0.136. The average molecular weight is 824 g/mol. The van der Waals surface area contributed by atoms with E-state index in [0.717, 1.165) is 9.13 Å². The highest BCUT2D eigenvalue weighted by Gasteiger charge is 2.34. The smallest absolute Gasteiger partial charge is 0.343 e. The molecular formula is C37H34IN3O9S. The summed E-state index contributed by atoms with van der Waals surface area (Å²) in [7, 11) is 2.79. The molecule has 14 heteroatoms. The number of carbonyl (C=O) groups is 2. The van der Waals surface area contributed by atoms with E-state index >= 15 is 0 Å². The predicted molar refractivity (Wildman–Crippen MR) is 197 cm³/mol. The van der Waals surface area contributed by atoms with Crippen LogP contribution in [0.1, 0.15) is 49.1 Å². The van der Waals surface area contributed by atoms with Crippen LogP contribution in [0.2, 0.25) is 0 Å². The molecule has 4 aromatic rings. The SMILES string of the molecule is CCOC(=O)C1=C(C)N=c2s/c(=C\c3cc(I)c(OCc4ccccc4C#N)c(OC)c3)c(=O)n2[C@H]1c1ccc(OCC(=O)OC)c(OCC)c1. The van der Waals surface area contributed by atoms with E-state index in [0.29, 0.717) is 61.3 Å². The van der Waals surface area contributed by atoms with E-state index in [2.05, 4.69) is 38.4 Å². The van der Waals surface area contributed by atoms with E-state index in [9.17, 15) is 19.6 Å². The number of rotatable bonds is 13. The molecule has 3 aromatic carbocycles. The van der Waals surface area contributed by atoms with Gasteiger partial charge in [-0.1, -0.05) is 35.6 Å². The maximum Gasteiger partial charge on any atom is 0.343 e. The molecule has 0 saturated heterocycles. The minimum Gasteiger partial charge on any atom is -0.493 e. The van der Waals surface area contributed by atoms with Gasteiger partial charge in [0.25, 0.3) is 5.56 Å². The number of thiazole rings is 1. The third kappa shape index (κ3) is 8.10. The number of halogens is 1. The number of nitrogens with zero attached hydrogens (tertiary/aromatic N) is 3. The molecule has 1 aliphatic rings. The molecule has 51 heavy (non-hydrogen) atoms. The maximum absolute atomic E-state index is 14.3. The van der Waals surface area contributed by atoms with Crippen LogP contribution in [-0.4, -0.2) is 50.5 Å². The molecule has 0 amide bonds. The van der Waals surface area contributed by atoms with Crippen molar-refractivity contribution in [1.29, 1.82) is 5.26 Å². The lowest BCUT2D eigenvalue weighted by Gasteiger charge is -2.25. The molecule has 0 spiro atoms. The molecule has 2 heterocycles. The van der Waals surface area contributed by atoms with Gasteiger partial charge in [0.2, 0.25) is 0 Å². The van der Waals surface area contributed by atoms with E-state index in [4.69, 9.17) is 23.7 Å². The Labute approximate surface area is 311 Å². The zero-order valence-corrected chi connectivity index (χ0v) is 31.5. The summed E-state index contributed by atoms with van der Waals surface area (Å²) in [5, 5.41) is 9.46. The lowest BCUT2D eigenvalue weighted by Crippen LogP contribution is -2.40. The van der Waals surface area contributed by atoms with Crippen molar-refractivity contribution in [2.45, 2.75) is 33.4 Å². The van der Waals surface area contributed by atoms with Crippen LogP contribution in [0.15, 0.2) is 75.7 Å². The summed E-state index contributed by atoms with van der Waals surface area (Å²) in [5.74, 6) is 0.401. The fraction of sp³-hybridized carbons (Fsp3) is 0.270. The second-order valence-corrected chi connectivity index (χ2v) is 13.1. The number of aromatic nitrogens is 1. The Morgan fingerprint density at radius 1 is 1.02 bits per heavy atom. The first-order valence-electron chi connectivity index (χ1n) is 15.8. The fourth-order valence-corrected chi connectivity index (χ4v) is 7.23. The number of fused-ring (bicyclic) bond motifs is 1. The number of ether oxygens (including phenoxy) is 6. The Bertz CT molecular complexity index is 2240. The molecule has 0 bridgehead atoms. The Hall–Kier alpha value is -5.14. The molecule has 1 aliphatic heterocycles. The first kappa shape index (κ1) is 37.1. The highest BCUT2D eigenvalue weighted by molar-refractivity contribution is 14.1. The first-order chi connectivity index (χ1) is 24.6. The van der Waals surface area contributed by atoms with Gasteiger partial charge in [-0.05, 0) is 90.9 Å². The van der Waals surface area contributed by atoms with Gasteiger partial charge in [0.15, 0.2) is 34.4 Å². The number of nitriles is 1. The van der Waals surface area contributed by atoms with Gasteiger partial charge in [-0.3, -0.25) is 9.36 Å². The molecule has 0 aliphatic carbocycles. The van der Waals surface area contributed by atoms with E-state index in [1.165, 1.54) is 30.1 Å². The van der Waals surface area contributed by atoms with Crippen molar-refractivity contribution in [2.75, 3.05) is 34.0 Å². The van der Waals surface area contributed by atoms with Gasteiger partial charge >= 0.3 is 11.9 Å². The average Bonchev–Trinajstić information content (AvgIpc) is 3.43. The molecule has 12 nitrogen and oxygen atoms in total. The number of methoxy groups -OCH3 is 2. The maximum atomic E-state index is 14.3. The molecule has 0 N–H and O–H groups in total. The lowest BCUT2D eigenvalue weighted by molar-refractivity contribution is -0.143. The summed E-state index contributed by atoms with van der Waals surface area (Å²) in [4.78, 5) is 44.5. The fourth-order valence-electron chi connectivity index (χ4n) is 5.40. The molecule has 0 saturated carbocycles. The van der Waals surface area contributed by atoms with Gasteiger partial charge in [-0.2, -0.15) is 5.26 Å². The molecule has 0 fully saturated rings. The van der Waals surface area contributed by atoms with Crippen LogP contribution in [0, 0.1) is 14.9 Å². The van der Waals surface area contributed by atoms with Crippen LogP contribution < -0.4 is 33.8 Å². The largest absolute Gasteiger partial charge is 0.493 e. The lowest BCUT2D eigenvalue weighted by atomic mass is 9.95. The van der Waals surface area contributed by atoms with E-state index in [-0.39, 0.29) is 31.0 Å². The van der Waals surface area contributed by atoms with Crippen molar-refractivity contribution in [1.82, 2.24) is 4.57 Å². The Morgan fingerprint density at radius 3 is 2.51 bits per heavy atom. The van der Waals surface area contributed by atoms with Gasteiger partial charge in [0.05, 0.1) is 64.5 Å². The van der Waals surface area contributed by atoms with Crippen LogP contribution in [0.4, 0.5) is 0 Å². The Morgan fingerprint density at radius 2 is 1.80 bits per heavy atom. The number of hydrogen-bond acceptors (Lipinski definition) is 12. The molecule has 5 rings (SSSR count). The second kappa shape index (κ2) is 16.7. The minimum atomic E-state index is -0.905. The third-order valence-electron chi connectivity index (χ3n) is 7.73. The standard InChI is InChI=1S/C37H34IN3O9S/c1-6-47-28-17-23(12-13-27(28)49-20-31(42)46-5)33-32(36(44)48-7-2)21(3)40-37-41(33)35(43)30(51-37)16-22-14-26(38)34(29(15-22)45-4)50-19-25-11-9-8-10-24(25)18-39/h8-17,33H,6-7,19-20H2,1-5H3/b30-16-/t33-/m0/s1. The van der Waals surface area contributed by atoms with Crippen molar-refractivity contribution in [3.8, 4) is 29.1 Å². The molecule has 0 radical (unpaired) electrons. The second-order valence-electron chi connectivity index (χ2n) is 10.9. The van der Waals surface area contributed by atoms with Crippen LogP contribution in [0.25, 0.3) is 6.08 Å². The zero-order valence-electron chi connectivity index (χ0n) is 28.5. The van der Waals surface area contributed by atoms with Gasteiger partial charge in [-0.25, -0.2) is 14.6 Å². The Kier molecular flexibility index (Phi) is 12.2. The highest BCUT2D eigenvalue weighted by atomic mass is 127. The van der Waals surface area contributed by atoms with Gasteiger partial charge in [0, 0.05) is 5.56 Å². The number of carbonyl (C=O) groups excluding carboxylic acids is 2. The molecular weight excluding hydrogens is 789 g/mol. The predicted octanol–water partition coefficient (Wildman–Crippen LogP) is 4.81. The monoisotopic (exact) mass is 823 g/mol. The summed E-state index contributed by atoms with van der Waals surface area (Å²) >= 11 is 3.33. The van der Waals surface area contributed by atoms with Crippen molar-refractivity contribution >= 4 is 51.9 Å². The van der Waals surface area contributed by atoms with Crippen LogP contribution in [0.5, 0.6) is 23.0 Å². The number of hydrogen-bond donors (Lipinski definition) is 0. The molecule has 0 unspecified atom stereocenters. The molecule has 1 aromatic heterocycles. The van der Waals surface area contributed by atoms with Gasteiger partial charge < -0.3 is 28.4 Å². The molecule has 264 valence electrons. The van der Waals surface area contributed by atoms with Crippen molar-refractivity contribution in [3.63, 3.8) is 0 Å². The zero-order chi connectivity index (χ0) is 36.7. The third-order valence-corrected chi connectivity index (χ3v) is 9.52. The Balaban J connectivity index is 1.59. The molecule has 1 atom stereocenters. The van der Waals surface area contributed by atoms with Gasteiger partial charge in [-0.15, -0.1) is 0 Å². The topological polar surface area (TPSA) is 148 Å². The summed E-state index contributed by atoms with van der Waals surface area (Å²) in [5.41, 5.74) is 2.73. The summed E-state index contributed by atoms with van der Waals surface area (Å²) in [6, 6.07) is 17.1. The number of benzene rings is 3. The van der Waals surface area contributed by atoms with Crippen LogP contribution in [-0.2, 0) is 25.7 Å². The van der Waals surface area contributed by atoms with Gasteiger partial charge in [0.1, 0.15) is 6.61 Å².